The summed E-state index contributed by atoms with van der Waals surface area (Å²) in [6.07, 6.45) is 0.371. The van der Waals surface area contributed by atoms with Gasteiger partial charge in [0.25, 0.3) is 5.91 Å². The Morgan fingerprint density at radius 1 is 1.15 bits per heavy atom. The van der Waals surface area contributed by atoms with Gasteiger partial charge < -0.3 is 10.4 Å². The van der Waals surface area contributed by atoms with Gasteiger partial charge in [0.1, 0.15) is 4.90 Å². The first-order valence-electron chi connectivity index (χ1n) is 8.42. The number of benzene rings is 2. The van der Waals surface area contributed by atoms with Gasteiger partial charge >= 0.3 is 0 Å². The molecule has 1 amide bonds. The van der Waals surface area contributed by atoms with E-state index in [2.05, 4.69) is 10.0 Å². The summed E-state index contributed by atoms with van der Waals surface area (Å²) < 4.78 is 27.7. The molecule has 0 saturated carbocycles. The highest BCUT2D eigenvalue weighted by molar-refractivity contribution is 7.89. The Morgan fingerprint density at radius 2 is 1.81 bits per heavy atom. The van der Waals surface area contributed by atoms with Gasteiger partial charge in [-0.2, -0.15) is 0 Å². The second kappa shape index (κ2) is 8.84. The zero-order chi connectivity index (χ0) is 20.1. The number of halogens is 1. The fraction of sp³-hybridized carbons (Fsp3) is 0.316. The lowest BCUT2D eigenvalue weighted by Crippen LogP contribution is -2.31. The summed E-state index contributed by atoms with van der Waals surface area (Å²) >= 11 is 6.05. The van der Waals surface area contributed by atoms with E-state index in [1.54, 1.807) is 26.0 Å². The molecule has 8 heteroatoms. The van der Waals surface area contributed by atoms with Gasteiger partial charge in [-0.25, -0.2) is 13.1 Å². The number of hydrogen-bond acceptors (Lipinski definition) is 4. The third-order valence-corrected chi connectivity index (χ3v) is 5.70. The molecule has 0 aliphatic rings. The normalized spacial score (nSPS) is 12.0. The Balaban J connectivity index is 2.12. The van der Waals surface area contributed by atoms with Crippen molar-refractivity contribution in [1.82, 2.24) is 10.0 Å². The van der Waals surface area contributed by atoms with Crippen molar-refractivity contribution >= 4 is 27.5 Å². The van der Waals surface area contributed by atoms with Crippen LogP contribution < -0.4 is 10.0 Å². The van der Waals surface area contributed by atoms with E-state index in [-0.39, 0.29) is 28.6 Å². The van der Waals surface area contributed by atoms with Gasteiger partial charge in [-0.1, -0.05) is 41.9 Å². The lowest BCUT2D eigenvalue weighted by Gasteiger charge is -2.17. The van der Waals surface area contributed by atoms with E-state index in [1.165, 1.54) is 18.2 Å². The summed E-state index contributed by atoms with van der Waals surface area (Å²) in [5.74, 6) is -0.435. The molecule has 2 rings (SSSR count). The number of carbonyl (C=O) groups excluding carboxylic acids is 1. The molecule has 0 radical (unpaired) electrons. The average molecular weight is 411 g/mol. The maximum Gasteiger partial charge on any atom is 0.251 e. The van der Waals surface area contributed by atoms with E-state index in [0.29, 0.717) is 6.42 Å². The molecule has 0 aromatic heterocycles. The number of hydrogen-bond donors (Lipinski definition) is 3. The molecule has 2 aromatic carbocycles. The van der Waals surface area contributed by atoms with Crippen molar-refractivity contribution in [2.75, 3.05) is 6.54 Å². The van der Waals surface area contributed by atoms with Crippen LogP contribution in [0.2, 0.25) is 5.02 Å². The Bertz CT molecular complexity index is 894. The van der Waals surface area contributed by atoms with Crippen molar-refractivity contribution in [3.05, 3.63) is 64.7 Å². The predicted octanol–water partition coefficient (Wildman–Crippen LogP) is 2.71. The van der Waals surface area contributed by atoms with Crippen LogP contribution in [0.1, 0.15) is 36.2 Å². The van der Waals surface area contributed by atoms with Crippen LogP contribution in [0.3, 0.4) is 0 Å². The quantitative estimate of drug-likeness (QED) is 0.623. The molecule has 2 aromatic rings. The molecule has 6 nitrogen and oxygen atoms in total. The first kappa shape index (κ1) is 21.4. The summed E-state index contributed by atoms with van der Waals surface area (Å²) in [7, 11) is -3.89. The van der Waals surface area contributed by atoms with Crippen LogP contribution in [0.5, 0.6) is 0 Å². The Labute approximate surface area is 164 Å². The van der Waals surface area contributed by atoms with E-state index in [0.717, 1.165) is 5.56 Å². The van der Waals surface area contributed by atoms with E-state index in [9.17, 15) is 18.3 Å². The molecule has 0 aliphatic carbocycles. The number of carbonyl (C=O) groups is 1. The van der Waals surface area contributed by atoms with E-state index in [4.69, 9.17) is 11.6 Å². The van der Waals surface area contributed by atoms with Crippen molar-refractivity contribution in [2.45, 2.75) is 37.3 Å². The molecule has 27 heavy (non-hydrogen) atoms. The Kier molecular flexibility index (Phi) is 7.00. The smallest absolute Gasteiger partial charge is 0.251 e. The molecule has 3 N–H and O–H groups in total. The molecule has 0 saturated heterocycles. The third kappa shape index (κ3) is 6.62. The van der Waals surface area contributed by atoms with Crippen molar-refractivity contribution in [1.29, 1.82) is 0 Å². The fourth-order valence-corrected chi connectivity index (χ4v) is 3.83. The average Bonchev–Trinajstić information content (AvgIpc) is 2.60. The highest BCUT2D eigenvalue weighted by Crippen LogP contribution is 2.23. The van der Waals surface area contributed by atoms with Crippen LogP contribution in [-0.4, -0.2) is 31.6 Å². The van der Waals surface area contributed by atoms with Crippen molar-refractivity contribution in [2.24, 2.45) is 0 Å². The van der Waals surface area contributed by atoms with E-state index >= 15 is 0 Å². The highest BCUT2D eigenvalue weighted by Gasteiger charge is 2.20. The van der Waals surface area contributed by atoms with Crippen LogP contribution >= 0.6 is 11.6 Å². The summed E-state index contributed by atoms with van der Waals surface area (Å²) in [5, 5.41) is 12.4. The minimum atomic E-state index is -3.89. The standard InChI is InChI=1S/C19H23ClN2O4S/c1-19(2,24)10-11-21-18(23)15-8-9-16(20)17(12-15)27(25,26)22-13-14-6-4-3-5-7-14/h3-9,12,22,24H,10-11,13H2,1-2H3,(H,21,23). The predicted molar refractivity (Wildman–Crippen MR) is 105 cm³/mol. The van der Waals surface area contributed by atoms with Crippen LogP contribution in [0.4, 0.5) is 0 Å². The lowest BCUT2D eigenvalue weighted by molar-refractivity contribution is 0.0693. The van der Waals surface area contributed by atoms with Crippen LogP contribution in [0.25, 0.3) is 0 Å². The first-order chi connectivity index (χ1) is 12.6. The number of aliphatic hydroxyl groups is 1. The number of sulfonamides is 1. The molecular formula is C19H23ClN2O4S. The van der Waals surface area contributed by atoms with Gasteiger partial charge in [-0.15, -0.1) is 0 Å². The Morgan fingerprint density at radius 3 is 2.44 bits per heavy atom. The Hall–Kier alpha value is -1.93. The molecule has 0 fully saturated rings. The third-order valence-electron chi connectivity index (χ3n) is 3.81. The maximum atomic E-state index is 12.6. The van der Waals surface area contributed by atoms with Crippen LogP contribution in [0, 0.1) is 0 Å². The fourth-order valence-electron chi connectivity index (χ4n) is 2.29. The van der Waals surface area contributed by atoms with Gasteiger partial charge in [-0.3, -0.25) is 4.79 Å². The monoisotopic (exact) mass is 410 g/mol. The summed E-state index contributed by atoms with van der Waals surface area (Å²) in [4.78, 5) is 12.1. The molecular weight excluding hydrogens is 388 g/mol. The highest BCUT2D eigenvalue weighted by atomic mass is 35.5. The van der Waals surface area contributed by atoms with Gasteiger partial charge in [0.15, 0.2) is 0 Å². The van der Waals surface area contributed by atoms with Gasteiger partial charge in [0, 0.05) is 18.7 Å². The minimum absolute atomic E-state index is 0.0311. The number of rotatable bonds is 8. The number of amides is 1. The topological polar surface area (TPSA) is 95.5 Å². The van der Waals surface area contributed by atoms with E-state index < -0.39 is 21.5 Å². The minimum Gasteiger partial charge on any atom is -0.390 e. The zero-order valence-corrected chi connectivity index (χ0v) is 16.8. The van der Waals surface area contributed by atoms with Crippen molar-refractivity contribution < 1.29 is 18.3 Å². The largest absolute Gasteiger partial charge is 0.390 e. The van der Waals surface area contributed by atoms with Crippen LogP contribution in [-0.2, 0) is 16.6 Å². The maximum absolute atomic E-state index is 12.6. The molecule has 146 valence electrons. The van der Waals surface area contributed by atoms with Crippen molar-refractivity contribution in [3.8, 4) is 0 Å². The first-order valence-corrected chi connectivity index (χ1v) is 10.3. The molecule has 0 bridgehead atoms. The molecule has 0 spiro atoms. The lowest BCUT2D eigenvalue weighted by atomic mass is 10.1. The number of nitrogens with one attached hydrogen (secondary N) is 2. The molecule has 0 aliphatic heterocycles. The summed E-state index contributed by atoms with van der Waals surface area (Å²) in [6, 6.07) is 13.2. The molecule has 0 atom stereocenters. The summed E-state index contributed by atoms with van der Waals surface area (Å²) in [6.45, 7) is 3.66. The SMILES string of the molecule is CC(C)(O)CCNC(=O)c1ccc(Cl)c(S(=O)(=O)NCc2ccccc2)c1. The van der Waals surface area contributed by atoms with Gasteiger partial charge in [0.2, 0.25) is 10.0 Å². The molecule has 0 unspecified atom stereocenters. The molecule has 0 heterocycles. The zero-order valence-electron chi connectivity index (χ0n) is 15.2. The second-order valence-electron chi connectivity index (χ2n) is 6.77. The summed E-state index contributed by atoms with van der Waals surface area (Å²) in [5.41, 5.74) is 0.0799. The van der Waals surface area contributed by atoms with Gasteiger partial charge in [-0.05, 0) is 44.0 Å². The van der Waals surface area contributed by atoms with Crippen LogP contribution in [0.15, 0.2) is 53.4 Å². The second-order valence-corrected chi connectivity index (χ2v) is 8.92. The van der Waals surface area contributed by atoms with E-state index in [1.807, 2.05) is 18.2 Å². The van der Waals surface area contributed by atoms with Gasteiger partial charge in [0.05, 0.1) is 10.6 Å². The van der Waals surface area contributed by atoms with Crippen molar-refractivity contribution in [3.63, 3.8) is 0 Å².